The van der Waals surface area contributed by atoms with Crippen LogP contribution in [0.2, 0.25) is 0 Å². The van der Waals surface area contributed by atoms with Gasteiger partial charge in [-0.05, 0) is 56.0 Å². The summed E-state index contributed by atoms with van der Waals surface area (Å²) in [6, 6.07) is 5.34. The van der Waals surface area contributed by atoms with E-state index < -0.39 is 0 Å². The van der Waals surface area contributed by atoms with Crippen LogP contribution in [0.5, 0.6) is 0 Å². The lowest BCUT2D eigenvalue weighted by Gasteiger charge is -2.15. The molecular weight excluding hydrogens is 316 g/mol. The first-order chi connectivity index (χ1) is 11.7. The third-order valence-corrected chi connectivity index (χ3v) is 4.32. The number of aromatic amines is 1. The van der Waals surface area contributed by atoms with Gasteiger partial charge in [-0.1, -0.05) is 6.92 Å². The van der Waals surface area contributed by atoms with Gasteiger partial charge in [-0.2, -0.15) is 5.10 Å². The van der Waals surface area contributed by atoms with Crippen LogP contribution in [0.1, 0.15) is 52.1 Å². The number of nitrogens with zero attached hydrogens (tertiary/aromatic N) is 2. The quantitative estimate of drug-likeness (QED) is 0.876. The predicted molar refractivity (Wildman–Crippen MR) is 98.9 cm³/mol. The van der Waals surface area contributed by atoms with E-state index in [9.17, 15) is 9.59 Å². The number of aromatic nitrogens is 2. The van der Waals surface area contributed by atoms with Crippen molar-refractivity contribution in [2.75, 3.05) is 19.4 Å². The molecule has 6 nitrogen and oxygen atoms in total. The molecule has 2 aromatic rings. The average Bonchev–Trinajstić information content (AvgIpc) is 2.85. The lowest BCUT2D eigenvalue weighted by Crippen LogP contribution is -2.22. The predicted octanol–water partition coefficient (Wildman–Crippen LogP) is 3.17. The Morgan fingerprint density at radius 1 is 1.24 bits per heavy atom. The minimum atomic E-state index is -0.0569. The number of aryl methyl sites for hydroxylation is 3. The number of carbonyl (C=O) groups excluding carboxylic acids is 2. The molecule has 2 amide bonds. The molecule has 1 aromatic carbocycles. The second-order valence-electron chi connectivity index (χ2n) is 6.73. The highest BCUT2D eigenvalue weighted by molar-refractivity contribution is 5.97. The Labute approximate surface area is 148 Å². The zero-order valence-corrected chi connectivity index (χ0v) is 15.7. The van der Waals surface area contributed by atoms with Crippen LogP contribution in [0.3, 0.4) is 0 Å². The number of rotatable bonds is 5. The first-order valence-electron chi connectivity index (χ1n) is 8.34. The van der Waals surface area contributed by atoms with Crippen molar-refractivity contribution in [2.45, 2.75) is 40.0 Å². The van der Waals surface area contributed by atoms with Crippen LogP contribution in [0.25, 0.3) is 0 Å². The van der Waals surface area contributed by atoms with E-state index in [2.05, 4.69) is 15.5 Å². The minimum absolute atomic E-state index is 0.0464. The number of hydrogen-bond donors (Lipinski definition) is 2. The molecule has 0 fully saturated rings. The van der Waals surface area contributed by atoms with E-state index >= 15 is 0 Å². The van der Waals surface area contributed by atoms with Crippen LogP contribution in [0.4, 0.5) is 5.69 Å². The molecule has 0 bridgehead atoms. The fourth-order valence-corrected chi connectivity index (χ4v) is 3.10. The first kappa shape index (κ1) is 18.7. The van der Waals surface area contributed by atoms with Crippen LogP contribution in [-0.2, 0) is 4.79 Å². The number of benzene rings is 1. The molecule has 1 atom stereocenters. The largest absolute Gasteiger partial charge is 0.345 e. The van der Waals surface area contributed by atoms with Gasteiger partial charge in [0.05, 0.1) is 5.69 Å². The highest BCUT2D eigenvalue weighted by atomic mass is 16.2. The molecule has 0 saturated carbocycles. The second kappa shape index (κ2) is 7.51. The summed E-state index contributed by atoms with van der Waals surface area (Å²) in [7, 11) is 3.44. The van der Waals surface area contributed by atoms with E-state index in [1.54, 1.807) is 26.2 Å². The molecule has 0 spiro atoms. The molecule has 6 heteroatoms. The topological polar surface area (TPSA) is 78.1 Å². The minimum Gasteiger partial charge on any atom is -0.345 e. The molecule has 0 aliphatic rings. The molecule has 0 unspecified atom stereocenters. The van der Waals surface area contributed by atoms with Gasteiger partial charge in [0, 0.05) is 37.5 Å². The van der Waals surface area contributed by atoms with Crippen molar-refractivity contribution in [1.82, 2.24) is 15.1 Å². The fraction of sp³-hybridized carbons (Fsp3) is 0.421. The Kier molecular flexibility index (Phi) is 5.62. The van der Waals surface area contributed by atoms with Crippen LogP contribution >= 0.6 is 0 Å². The summed E-state index contributed by atoms with van der Waals surface area (Å²) in [4.78, 5) is 26.0. The van der Waals surface area contributed by atoms with Gasteiger partial charge in [0.25, 0.3) is 5.91 Å². The van der Waals surface area contributed by atoms with Crippen molar-refractivity contribution in [3.8, 4) is 0 Å². The normalized spacial score (nSPS) is 11.9. The first-order valence-corrected chi connectivity index (χ1v) is 8.34. The number of H-pyrrole nitrogens is 1. The van der Waals surface area contributed by atoms with Crippen molar-refractivity contribution in [3.05, 3.63) is 46.3 Å². The number of nitrogens with one attached hydrogen (secondary N) is 2. The summed E-state index contributed by atoms with van der Waals surface area (Å²) < 4.78 is 0. The van der Waals surface area contributed by atoms with E-state index in [0.29, 0.717) is 17.7 Å². The van der Waals surface area contributed by atoms with Crippen molar-refractivity contribution >= 4 is 17.5 Å². The van der Waals surface area contributed by atoms with Gasteiger partial charge in [0.15, 0.2) is 0 Å². The molecule has 0 saturated heterocycles. The van der Waals surface area contributed by atoms with Crippen LogP contribution in [-0.4, -0.2) is 41.0 Å². The Bertz CT molecular complexity index is 773. The van der Waals surface area contributed by atoms with E-state index in [1.165, 1.54) is 4.90 Å². The van der Waals surface area contributed by atoms with Crippen LogP contribution < -0.4 is 5.32 Å². The average molecular weight is 342 g/mol. The molecule has 2 N–H and O–H groups in total. The molecule has 1 aromatic heterocycles. The van der Waals surface area contributed by atoms with E-state index in [4.69, 9.17) is 0 Å². The van der Waals surface area contributed by atoms with Crippen LogP contribution in [0, 0.1) is 20.8 Å². The van der Waals surface area contributed by atoms with Crippen molar-refractivity contribution in [3.63, 3.8) is 0 Å². The number of amides is 2. The standard InChI is InChI=1S/C19H26N4O2/c1-11-9-15(7-8-16(11)19(25)23(5)6)20-17(24)10-12(2)18-13(3)21-22-14(18)4/h7-9,12H,10H2,1-6H3,(H,20,24)(H,21,22)/t12-/m0/s1. The summed E-state index contributed by atoms with van der Waals surface area (Å²) in [5.41, 5.74) is 5.20. The number of anilines is 1. The summed E-state index contributed by atoms with van der Waals surface area (Å²) in [6.07, 6.45) is 0.374. The molecule has 2 rings (SSSR count). The van der Waals surface area contributed by atoms with Crippen molar-refractivity contribution < 1.29 is 9.59 Å². The zero-order valence-electron chi connectivity index (χ0n) is 15.7. The van der Waals surface area contributed by atoms with Gasteiger partial charge in [-0.25, -0.2) is 0 Å². The van der Waals surface area contributed by atoms with Gasteiger partial charge in [-0.3, -0.25) is 14.7 Å². The van der Waals surface area contributed by atoms with Crippen LogP contribution in [0.15, 0.2) is 18.2 Å². The smallest absolute Gasteiger partial charge is 0.253 e. The molecule has 25 heavy (non-hydrogen) atoms. The maximum Gasteiger partial charge on any atom is 0.253 e. The SMILES string of the molecule is Cc1cc(NC(=O)C[C@H](C)c2c(C)n[nH]c2C)ccc1C(=O)N(C)C. The highest BCUT2D eigenvalue weighted by Gasteiger charge is 2.18. The van der Waals surface area contributed by atoms with Crippen molar-refractivity contribution in [2.24, 2.45) is 0 Å². The van der Waals surface area contributed by atoms with E-state index in [1.807, 2.05) is 33.8 Å². The lowest BCUT2D eigenvalue weighted by molar-refractivity contribution is -0.116. The Morgan fingerprint density at radius 2 is 1.92 bits per heavy atom. The molecule has 134 valence electrons. The van der Waals surface area contributed by atoms with Crippen molar-refractivity contribution in [1.29, 1.82) is 0 Å². The number of carbonyl (C=O) groups is 2. The third-order valence-electron chi connectivity index (χ3n) is 4.32. The Hall–Kier alpha value is -2.63. The summed E-state index contributed by atoms with van der Waals surface area (Å²) in [5.74, 6) is -0.0251. The highest BCUT2D eigenvalue weighted by Crippen LogP contribution is 2.25. The van der Waals surface area contributed by atoms with Gasteiger partial charge < -0.3 is 10.2 Å². The Morgan fingerprint density at radius 3 is 2.44 bits per heavy atom. The molecule has 0 radical (unpaired) electrons. The van der Waals surface area contributed by atoms with Gasteiger partial charge in [0.1, 0.15) is 0 Å². The zero-order chi connectivity index (χ0) is 18.7. The maximum atomic E-state index is 12.4. The number of hydrogen-bond acceptors (Lipinski definition) is 3. The molecule has 1 heterocycles. The summed E-state index contributed by atoms with van der Waals surface area (Å²) >= 11 is 0. The maximum absolute atomic E-state index is 12.4. The van der Waals surface area contributed by atoms with E-state index in [0.717, 1.165) is 22.5 Å². The van der Waals surface area contributed by atoms with Gasteiger partial charge in [0.2, 0.25) is 5.91 Å². The molecule has 0 aliphatic heterocycles. The Balaban J connectivity index is 2.06. The monoisotopic (exact) mass is 342 g/mol. The summed E-state index contributed by atoms with van der Waals surface area (Å²) in [5, 5.41) is 10.1. The molecule has 0 aliphatic carbocycles. The lowest BCUT2D eigenvalue weighted by atomic mass is 9.95. The van der Waals surface area contributed by atoms with E-state index in [-0.39, 0.29) is 17.7 Å². The summed E-state index contributed by atoms with van der Waals surface area (Å²) in [6.45, 7) is 7.80. The second-order valence-corrected chi connectivity index (χ2v) is 6.73. The van der Waals surface area contributed by atoms with Gasteiger partial charge in [-0.15, -0.1) is 0 Å². The fourth-order valence-electron chi connectivity index (χ4n) is 3.10. The van der Waals surface area contributed by atoms with Gasteiger partial charge >= 0.3 is 0 Å². The molecular formula is C19H26N4O2. The third kappa shape index (κ3) is 4.26.